The molecule has 0 saturated heterocycles. The first-order chi connectivity index (χ1) is 9.88. The Labute approximate surface area is 133 Å². The molecule has 2 rings (SSSR count). The van der Waals surface area contributed by atoms with Crippen LogP contribution < -0.4 is 0 Å². The molecule has 0 aromatic heterocycles. The van der Waals surface area contributed by atoms with E-state index in [1.807, 2.05) is 19.1 Å². The molecule has 3 nitrogen and oxygen atoms in total. The number of rotatable bonds is 2. The molecular formula is C16H14Cl2O3. The number of carboxylic acid groups (broad SMARTS) is 1. The lowest BCUT2D eigenvalue weighted by atomic mass is 10.1. The molecule has 0 amide bonds. The van der Waals surface area contributed by atoms with Gasteiger partial charge in [-0.15, -0.1) is 0 Å². The zero-order chi connectivity index (χ0) is 16.0. The molecule has 0 heterocycles. The van der Waals surface area contributed by atoms with Gasteiger partial charge in [0.2, 0.25) is 0 Å². The van der Waals surface area contributed by atoms with Crippen molar-refractivity contribution in [1.29, 1.82) is 0 Å². The van der Waals surface area contributed by atoms with E-state index >= 15 is 0 Å². The molecule has 2 aromatic carbocycles. The number of carbonyl (C=O) groups excluding carboxylic acids is 1. The summed E-state index contributed by atoms with van der Waals surface area (Å²) < 4.78 is 0. The fraction of sp³-hybridized carbons (Fsp3) is 0.125. The lowest BCUT2D eigenvalue weighted by Gasteiger charge is -2.00. The van der Waals surface area contributed by atoms with Gasteiger partial charge < -0.3 is 5.11 Å². The van der Waals surface area contributed by atoms with Crippen molar-refractivity contribution in [2.45, 2.75) is 13.8 Å². The number of carboxylic acids is 1. The van der Waals surface area contributed by atoms with Gasteiger partial charge in [0.05, 0.1) is 15.6 Å². The molecule has 1 N–H and O–H groups in total. The number of halogens is 2. The molecule has 0 atom stereocenters. The van der Waals surface area contributed by atoms with Gasteiger partial charge in [-0.2, -0.15) is 0 Å². The van der Waals surface area contributed by atoms with Crippen LogP contribution >= 0.6 is 23.2 Å². The molecule has 0 aliphatic carbocycles. The Bertz CT molecular complexity index is 626. The summed E-state index contributed by atoms with van der Waals surface area (Å²) in [5, 5.41) is 9.47. The summed E-state index contributed by atoms with van der Waals surface area (Å²) >= 11 is 11.3. The first-order valence-corrected chi connectivity index (χ1v) is 6.82. The van der Waals surface area contributed by atoms with Crippen molar-refractivity contribution in [3.63, 3.8) is 0 Å². The van der Waals surface area contributed by atoms with Crippen LogP contribution in [0, 0.1) is 13.8 Å². The Morgan fingerprint density at radius 2 is 1.52 bits per heavy atom. The Morgan fingerprint density at radius 1 is 1.00 bits per heavy atom. The summed E-state index contributed by atoms with van der Waals surface area (Å²) in [6, 6.07) is 10.4. The van der Waals surface area contributed by atoms with Gasteiger partial charge in [0.1, 0.15) is 0 Å². The van der Waals surface area contributed by atoms with Crippen LogP contribution in [0.3, 0.4) is 0 Å². The summed E-state index contributed by atoms with van der Waals surface area (Å²) in [4.78, 5) is 20.9. The van der Waals surface area contributed by atoms with Crippen molar-refractivity contribution in [2.75, 3.05) is 0 Å². The molecule has 0 bridgehead atoms. The maximum atomic E-state index is 10.6. The van der Waals surface area contributed by atoms with Gasteiger partial charge in [0.25, 0.3) is 0 Å². The average molecular weight is 325 g/mol. The third-order valence-electron chi connectivity index (χ3n) is 2.82. The maximum Gasteiger partial charge on any atom is 0.337 e. The fourth-order valence-electron chi connectivity index (χ4n) is 1.70. The maximum absolute atomic E-state index is 10.6. The van der Waals surface area contributed by atoms with Gasteiger partial charge in [-0.05, 0) is 37.1 Å². The molecule has 0 spiro atoms. The van der Waals surface area contributed by atoms with E-state index in [-0.39, 0.29) is 10.6 Å². The minimum Gasteiger partial charge on any atom is -0.478 e. The van der Waals surface area contributed by atoms with E-state index in [4.69, 9.17) is 28.3 Å². The van der Waals surface area contributed by atoms with Crippen molar-refractivity contribution < 1.29 is 14.7 Å². The van der Waals surface area contributed by atoms with Crippen LogP contribution in [-0.4, -0.2) is 17.4 Å². The SMILES string of the molecule is Cc1cccc(Cl)c1C(=O)O.Cc1cccc(Cl)c1C=O. The van der Waals surface area contributed by atoms with Crippen LogP contribution in [0.25, 0.3) is 0 Å². The minimum atomic E-state index is -0.979. The van der Waals surface area contributed by atoms with E-state index in [1.54, 1.807) is 31.2 Å². The van der Waals surface area contributed by atoms with Crippen LogP contribution in [0.2, 0.25) is 10.0 Å². The standard InChI is InChI=1S/C8H7ClO2.C8H7ClO/c1-5-3-2-4-6(9)7(5)8(10)11;1-6-3-2-4-8(9)7(6)5-10/h2-4H,1H3,(H,10,11);2-5H,1H3. The molecule has 0 radical (unpaired) electrons. The van der Waals surface area contributed by atoms with E-state index < -0.39 is 5.97 Å². The number of carbonyl (C=O) groups is 2. The zero-order valence-electron chi connectivity index (χ0n) is 11.6. The third kappa shape index (κ3) is 4.59. The average Bonchev–Trinajstić information content (AvgIpc) is 2.39. The van der Waals surface area contributed by atoms with Crippen LogP contribution in [0.4, 0.5) is 0 Å². The summed E-state index contributed by atoms with van der Waals surface area (Å²) in [6.45, 7) is 3.57. The first kappa shape index (κ1) is 17.2. The molecule has 0 aliphatic heterocycles. The predicted octanol–water partition coefficient (Wildman–Crippen LogP) is 4.81. The number of hydrogen-bond acceptors (Lipinski definition) is 2. The van der Waals surface area contributed by atoms with Gasteiger partial charge in [0.15, 0.2) is 6.29 Å². The third-order valence-corrected chi connectivity index (χ3v) is 3.47. The molecule has 2 aromatic rings. The van der Waals surface area contributed by atoms with Crippen molar-refractivity contribution in [1.82, 2.24) is 0 Å². The number of aromatic carboxylic acids is 1. The molecule has 0 saturated carbocycles. The largest absolute Gasteiger partial charge is 0.478 e. The molecule has 5 heteroatoms. The van der Waals surface area contributed by atoms with Crippen molar-refractivity contribution in [3.05, 3.63) is 68.7 Å². The molecule has 0 unspecified atom stereocenters. The van der Waals surface area contributed by atoms with Crippen molar-refractivity contribution >= 4 is 35.5 Å². The molecule has 21 heavy (non-hydrogen) atoms. The Balaban J connectivity index is 0.000000211. The van der Waals surface area contributed by atoms with E-state index in [0.717, 1.165) is 11.8 Å². The highest BCUT2D eigenvalue weighted by atomic mass is 35.5. The molecule has 0 fully saturated rings. The van der Waals surface area contributed by atoms with Gasteiger partial charge >= 0.3 is 5.97 Å². The highest BCUT2D eigenvalue weighted by molar-refractivity contribution is 6.33. The second kappa shape index (κ2) is 7.81. The van der Waals surface area contributed by atoms with Gasteiger partial charge in [-0.3, -0.25) is 4.79 Å². The van der Waals surface area contributed by atoms with Crippen LogP contribution in [0.5, 0.6) is 0 Å². The molecule has 110 valence electrons. The highest BCUT2D eigenvalue weighted by Gasteiger charge is 2.09. The predicted molar refractivity (Wildman–Crippen MR) is 84.7 cm³/mol. The molecular weight excluding hydrogens is 311 g/mol. The Morgan fingerprint density at radius 3 is 1.86 bits per heavy atom. The zero-order valence-corrected chi connectivity index (χ0v) is 13.1. The van der Waals surface area contributed by atoms with Gasteiger partial charge in [-0.1, -0.05) is 47.5 Å². The van der Waals surface area contributed by atoms with Crippen molar-refractivity contribution in [2.24, 2.45) is 0 Å². The second-order valence-corrected chi connectivity index (χ2v) is 5.14. The topological polar surface area (TPSA) is 54.4 Å². The summed E-state index contributed by atoms with van der Waals surface area (Å²) in [7, 11) is 0. The monoisotopic (exact) mass is 324 g/mol. The molecule has 0 aliphatic rings. The Hall–Kier alpha value is -1.84. The first-order valence-electron chi connectivity index (χ1n) is 6.07. The highest BCUT2D eigenvalue weighted by Crippen LogP contribution is 2.18. The van der Waals surface area contributed by atoms with Gasteiger partial charge in [-0.25, -0.2) is 4.79 Å². The lowest BCUT2D eigenvalue weighted by Crippen LogP contribution is -1.99. The van der Waals surface area contributed by atoms with Crippen LogP contribution in [-0.2, 0) is 0 Å². The number of aldehydes is 1. The van der Waals surface area contributed by atoms with E-state index in [0.29, 0.717) is 16.1 Å². The van der Waals surface area contributed by atoms with E-state index in [9.17, 15) is 9.59 Å². The fourth-order valence-corrected chi connectivity index (χ4v) is 2.27. The second-order valence-electron chi connectivity index (χ2n) is 4.33. The van der Waals surface area contributed by atoms with Crippen LogP contribution in [0.15, 0.2) is 36.4 Å². The number of aryl methyl sites for hydroxylation is 2. The number of benzene rings is 2. The van der Waals surface area contributed by atoms with Gasteiger partial charge in [0, 0.05) is 5.56 Å². The Kier molecular flexibility index (Phi) is 6.40. The lowest BCUT2D eigenvalue weighted by molar-refractivity contribution is 0.0696. The number of hydrogen-bond donors (Lipinski definition) is 1. The normalized spacial score (nSPS) is 9.52. The summed E-state index contributed by atoms with van der Waals surface area (Å²) in [6.07, 6.45) is 0.775. The smallest absolute Gasteiger partial charge is 0.337 e. The van der Waals surface area contributed by atoms with Crippen molar-refractivity contribution in [3.8, 4) is 0 Å². The summed E-state index contributed by atoms with van der Waals surface area (Å²) in [5.74, 6) is -0.979. The van der Waals surface area contributed by atoms with E-state index in [2.05, 4.69) is 0 Å². The van der Waals surface area contributed by atoms with Crippen LogP contribution in [0.1, 0.15) is 31.8 Å². The summed E-state index contributed by atoms with van der Waals surface area (Å²) in [5.41, 5.74) is 2.38. The minimum absolute atomic E-state index is 0.189. The quantitative estimate of drug-likeness (QED) is 0.806. The van der Waals surface area contributed by atoms with E-state index in [1.165, 1.54) is 0 Å².